The summed E-state index contributed by atoms with van der Waals surface area (Å²) in [5, 5.41) is -3.61. The van der Waals surface area contributed by atoms with Gasteiger partial charge < -0.3 is 28.1 Å². The molecule has 4 rings (SSSR count). The van der Waals surface area contributed by atoms with E-state index in [1.54, 1.807) is 0 Å². The summed E-state index contributed by atoms with van der Waals surface area (Å²) in [5.74, 6) is -4.05. The van der Waals surface area contributed by atoms with Crippen molar-refractivity contribution in [3.63, 3.8) is 0 Å². The number of fused-ring (bicyclic) bond motifs is 1. The fraction of sp³-hybridized carbons (Fsp3) is 0.100. The molecule has 2 atom stereocenters. The Balaban J connectivity index is -0.00000294. The molecule has 2 aromatic rings. The average molecular weight is 719 g/mol. The summed E-state index contributed by atoms with van der Waals surface area (Å²) >= 11 is 0. The van der Waals surface area contributed by atoms with Gasteiger partial charge in [-0.2, -0.15) is 33.7 Å². The van der Waals surface area contributed by atoms with Crippen LogP contribution in [0, 0.1) is 0 Å². The van der Waals surface area contributed by atoms with Gasteiger partial charge in [0.15, 0.2) is 21.7 Å². The molecule has 24 heteroatoms. The van der Waals surface area contributed by atoms with Gasteiger partial charge in [0, 0.05) is 16.7 Å². The molecular weight excluding hydrogens is 695 g/mol. The Morgan fingerprint density at radius 3 is 1.48 bits per heavy atom. The maximum absolute atomic E-state index is 13.5. The van der Waals surface area contributed by atoms with Crippen LogP contribution < -0.4 is 34.3 Å². The van der Waals surface area contributed by atoms with Crippen molar-refractivity contribution in [1.82, 2.24) is 0 Å². The van der Waals surface area contributed by atoms with Crippen LogP contribution in [0.5, 0.6) is 5.75 Å². The first kappa shape index (κ1) is 43.7. The minimum atomic E-state index is -6.54. The SMILES string of the molecule is O.O.O.O.O=C1C2=C(C(=O)c3ccccc31)C(S(=O)(=O)O)C(Oc1ccccc1)(S(=O)(=O)O)C(S(=O)(=O)O)=C2S(=O)(=O)O.[H-].[Na+]. The molecule has 0 aromatic heterocycles. The van der Waals surface area contributed by atoms with Crippen LogP contribution in [-0.2, 0) is 40.5 Å². The number of carbonyl (C=O) groups excluding carboxylic acids is 2. The predicted octanol–water partition coefficient (Wildman–Crippen LogP) is -5.90. The second-order valence-electron chi connectivity index (χ2n) is 8.05. The second kappa shape index (κ2) is 13.9. The van der Waals surface area contributed by atoms with Crippen molar-refractivity contribution >= 4 is 52.0 Å². The van der Waals surface area contributed by atoms with Crippen molar-refractivity contribution < 1.29 is 119 Å². The van der Waals surface area contributed by atoms with Crippen molar-refractivity contribution in [3.05, 3.63) is 86.7 Å². The smallest absolute Gasteiger partial charge is 1.00 e. The van der Waals surface area contributed by atoms with E-state index in [2.05, 4.69) is 0 Å². The van der Waals surface area contributed by atoms with Crippen LogP contribution in [0.1, 0.15) is 22.1 Å². The van der Waals surface area contributed by atoms with E-state index in [0.717, 1.165) is 36.4 Å². The van der Waals surface area contributed by atoms with Gasteiger partial charge in [-0.15, -0.1) is 0 Å². The van der Waals surface area contributed by atoms with Gasteiger partial charge in [-0.1, -0.05) is 42.5 Å². The molecule has 44 heavy (non-hydrogen) atoms. The maximum atomic E-state index is 13.5. The molecule has 0 aliphatic heterocycles. The van der Waals surface area contributed by atoms with Crippen LogP contribution in [0.25, 0.3) is 0 Å². The minimum absolute atomic E-state index is 0. The number of para-hydroxylation sites is 1. The van der Waals surface area contributed by atoms with Crippen LogP contribution >= 0.6 is 0 Å². The van der Waals surface area contributed by atoms with Crippen LogP contribution in [0.15, 0.2) is 75.6 Å². The zero-order valence-corrected chi connectivity index (χ0v) is 27.0. The Bertz CT molecular complexity index is 1970. The molecule has 2 unspecified atom stereocenters. The zero-order chi connectivity index (χ0) is 29.3. The summed E-state index contributed by atoms with van der Waals surface area (Å²) in [5.41, 5.74) is -4.68. The normalized spacial score (nSPS) is 19.9. The van der Waals surface area contributed by atoms with E-state index in [-0.39, 0.29) is 52.9 Å². The molecule has 0 spiro atoms. The topological polar surface area (TPSA) is 387 Å². The van der Waals surface area contributed by atoms with Crippen LogP contribution in [0.3, 0.4) is 0 Å². The molecule has 0 amide bonds. The zero-order valence-electron chi connectivity index (χ0n) is 22.7. The first-order valence-corrected chi connectivity index (χ1v) is 15.9. The Labute approximate surface area is 272 Å². The van der Waals surface area contributed by atoms with E-state index in [9.17, 15) is 61.5 Å². The summed E-state index contributed by atoms with van der Waals surface area (Å²) in [6, 6.07) is 9.46. The fourth-order valence-corrected chi connectivity index (χ4v) is 10.2. The van der Waals surface area contributed by atoms with E-state index in [4.69, 9.17) is 4.74 Å². The van der Waals surface area contributed by atoms with E-state index in [1.165, 1.54) is 18.2 Å². The van der Waals surface area contributed by atoms with E-state index < -0.39 is 100 Å². The number of carbonyl (C=O) groups is 2. The number of hydrogen-bond donors (Lipinski definition) is 4. The molecule has 2 aliphatic rings. The van der Waals surface area contributed by atoms with Crippen LogP contribution in [-0.4, -0.2) is 95.5 Å². The Kier molecular flexibility index (Phi) is 13.8. The Morgan fingerprint density at radius 1 is 0.659 bits per heavy atom. The number of ketones is 2. The number of rotatable bonds is 6. The Hall–Kier alpha value is -2.46. The van der Waals surface area contributed by atoms with Gasteiger partial charge in [-0.25, -0.2) is 0 Å². The number of Topliss-reactive ketones (excluding diaryl/α,β-unsaturated/α-hetero) is 2. The standard InChI is InChI=1S/C20H14O15S4.Na.4H2O.H/c21-15-11-8-4-5-9-12(11)16(22)14-13(15)17(36(23,24)25)19(38(29,30)31)20(39(32,33)34,18(14)37(26,27)28)35-10-6-2-1-3-7-10;;;;;;/h1-9,18H,(H,23,24,25)(H,26,27,28)(H,29,30,31)(H,32,33,34);;4*1H2;/q;+1;;;;;-1. The summed E-state index contributed by atoms with van der Waals surface area (Å²) < 4.78 is 148. The molecule has 242 valence electrons. The van der Waals surface area contributed by atoms with Gasteiger partial charge in [0.05, 0.1) is 5.57 Å². The molecule has 0 heterocycles. The van der Waals surface area contributed by atoms with Crippen molar-refractivity contribution in [1.29, 1.82) is 0 Å². The maximum Gasteiger partial charge on any atom is 1.00 e. The average Bonchev–Trinajstić information content (AvgIpc) is 2.79. The summed E-state index contributed by atoms with van der Waals surface area (Å²) in [6.07, 6.45) is 0. The van der Waals surface area contributed by atoms with Crippen molar-refractivity contribution in [2.24, 2.45) is 0 Å². The number of hydrogen-bond acceptors (Lipinski definition) is 11. The van der Waals surface area contributed by atoms with E-state index >= 15 is 0 Å². The molecule has 19 nitrogen and oxygen atoms in total. The van der Waals surface area contributed by atoms with Gasteiger partial charge in [0.1, 0.15) is 10.7 Å². The molecule has 0 saturated heterocycles. The number of ether oxygens (including phenoxy) is 1. The van der Waals surface area contributed by atoms with Gasteiger partial charge in [-0.05, 0) is 12.1 Å². The monoisotopic (exact) mass is 718 g/mol. The first-order valence-electron chi connectivity index (χ1n) is 10.0. The predicted molar refractivity (Wildman–Crippen MR) is 145 cm³/mol. The molecule has 2 aromatic carbocycles. The van der Waals surface area contributed by atoms with Gasteiger partial charge >= 0.3 is 39.7 Å². The Morgan fingerprint density at radius 2 is 1.09 bits per heavy atom. The third-order valence-electron chi connectivity index (χ3n) is 5.72. The number of allylic oxidation sites excluding steroid dienone is 1. The molecule has 0 saturated carbocycles. The third-order valence-corrected chi connectivity index (χ3v) is 10.5. The van der Waals surface area contributed by atoms with Crippen LogP contribution in [0.4, 0.5) is 0 Å². The van der Waals surface area contributed by atoms with E-state index in [1.807, 2.05) is 0 Å². The molecule has 0 radical (unpaired) electrons. The van der Waals surface area contributed by atoms with Crippen molar-refractivity contribution in [3.8, 4) is 5.75 Å². The van der Waals surface area contributed by atoms with Gasteiger partial charge in [0.25, 0.3) is 35.3 Å². The van der Waals surface area contributed by atoms with Crippen molar-refractivity contribution in [2.75, 3.05) is 0 Å². The fourth-order valence-electron chi connectivity index (χ4n) is 4.41. The molecule has 12 N–H and O–H groups in total. The van der Waals surface area contributed by atoms with Gasteiger partial charge in [0.2, 0.25) is 0 Å². The van der Waals surface area contributed by atoms with Crippen molar-refractivity contribution in [2.45, 2.75) is 10.2 Å². The molecular formula is C20H23NaO19S4. The molecule has 2 aliphatic carbocycles. The molecule has 0 fully saturated rings. The third kappa shape index (κ3) is 6.86. The second-order valence-corrected chi connectivity index (χ2v) is 13.8. The van der Waals surface area contributed by atoms with E-state index in [0.29, 0.717) is 0 Å². The summed E-state index contributed by atoms with van der Waals surface area (Å²) in [6.45, 7) is 0. The minimum Gasteiger partial charge on any atom is -1.00 e. The molecule has 0 bridgehead atoms. The summed E-state index contributed by atoms with van der Waals surface area (Å²) in [7, 11) is -25.4. The van der Waals surface area contributed by atoms with Gasteiger partial charge in [-0.3, -0.25) is 27.8 Å². The largest absolute Gasteiger partial charge is 1.00 e. The first-order chi connectivity index (χ1) is 17.7. The quantitative estimate of drug-likeness (QED) is 0.160. The number of benzene rings is 2. The summed E-state index contributed by atoms with van der Waals surface area (Å²) in [4.78, 5) is 17.4. The van der Waals surface area contributed by atoms with Crippen LogP contribution in [0.2, 0.25) is 0 Å².